The predicted octanol–water partition coefficient (Wildman–Crippen LogP) is 8.14. The molecule has 0 amide bonds. The van der Waals surface area contributed by atoms with Crippen LogP contribution < -0.4 is 0 Å². The molecule has 6 N–H and O–H groups in total. The molecule has 0 spiro atoms. The van der Waals surface area contributed by atoms with E-state index >= 15 is 0 Å². The van der Waals surface area contributed by atoms with E-state index in [4.69, 9.17) is 30.6 Å². The Labute approximate surface area is 236 Å². The van der Waals surface area contributed by atoms with Gasteiger partial charge in [0.1, 0.15) is 0 Å². The first-order chi connectivity index (χ1) is 17.7. The van der Waals surface area contributed by atoms with Crippen molar-refractivity contribution in [3.05, 3.63) is 0 Å². The summed E-state index contributed by atoms with van der Waals surface area (Å²) >= 11 is 0. The largest absolute Gasteiger partial charge is 0.397 e. The van der Waals surface area contributed by atoms with E-state index in [0.29, 0.717) is 0 Å². The molecule has 0 radical (unpaired) electrons. The highest BCUT2D eigenvalue weighted by Crippen LogP contribution is 2.00. The van der Waals surface area contributed by atoms with Crippen molar-refractivity contribution in [3.63, 3.8) is 0 Å². The van der Waals surface area contributed by atoms with Gasteiger partial charge in [-0.25, -0.2) is 0 Å². The Morgan fingerprint density at radius 2 is 0.297 bits per heavy atom. The Bertz CT molecular complexity index is 150. The molecule has 6 heteroatoms. The van der Waals surface area contributed by atoms with E-state index in [9.17, 15) is 0 Å². The molecular formula is C31H80O6. The maximum atomic E-state index is 7.57. The van der Waals surface area contributed by atoms with Gasteiger partial charge in [0.2, 0.25) is 0 Å². The van der Waals surface area contributed by atoms with Crippen LogP contribution in [-0.2, 0) is 0 Å². The van der Waals surface area contributed by atoms with Gasteiger partial charge in [-0.2, -0.15) is 0 Å². The normalized spacial score (nSPS) is 7.62. The van der Waals surface area contributed by atoms with E-state index in [1.807, 2.05) is 0 Å². The van der Waals surface area contributed by atoms with Gasteiger partial charge in [-0.3, -0.25) is 0 Å². The second-order valence-electron chi connectivity index (χ2n) is 7.37. The van der Waals surface area contributed by atoms with Gasteiger partial charge in [0.25, 0.3) is 0 Å². The number of aliphatic hydroxyl groups excluding tert-OH is 6. The molecule has 0 saturated carbocycles. The smallest absolute Gasteiger partial charge is 0.0402 e. The summed E-state index contributed by atoms with van der Waals surface area (Å²) in [5.74, 6) is 0. The minimum atomic E-state index is 0.250. The summed E-state index contributed by atoms with van der Waals surface area (Å²) in [6.45, 7) is 25.0. The van der Waals surface area contributed by atoms with Gasteiger partial charge in [-0.1, -0.05) is 125 Å². The maximum absolute atomic E-state index is 7.57. The lowest BCUT2D eigenvalue weighted by molar-refractivity contribution is 0.318. The van der Waals surface area contributed by atoms with Crippen molar-refractivity contribution < 1.29 is 30.6 Å². The molecule has 0 heterocycles. The summed E-state index contributed by atoms with van der Waals surface area (Å²) < 4.78 is 0. The average Bonchev–Trinajstić information content (AvgIpc) is 2.86. The Balaban J connectivity index is -0.0000000350. The summed E-state index contributed by atoms with van der Waals surface area (Å²) in [7, 11) is 0. The third-order valence-corrected chi connectivity index (χ3v) is 3.12. The van der Waals surface area contributed by atoms with Crippen LogP contribution in [0.2, 0.25) is 0 Å². The van der Waals surface area contributed by atoms with Crippen LogP contribution in [-0.4, -0.2) is 70.3 Å². The van der Waals surface area contributed by atoms with Crippen molar-refractivity contribution >= 4 is 0 Å². The number of aliphatic hydroxyl groups is 6. The Kier molecular flexibility index (Phi) is 202. The van der Waals surface area contributed by atoms with Gasteiger partial charge in [0.15, 0.2) is 0 Å². The fourth-order valence-electron chi connectivity index (χ4n) is 1.68. The Morgan fingerprint density at radius 3 is 0.378 bits per heavy atom. The number of hydrogen-bond donors (Lipinski definition) is 6. The van der Waals surface area contributed by atoms with Crippen LogP contribution in [0.5, 0.6) is 0 Å². The van der Waals surface area contributed by atoms with Crippen LogP contribution in [0.4, 0.5) is 0 Å². The fourth-order valence-corrected chi connectivity index (χ4v) is 1.68. The summed E-state index contributed by atoms with van der Waals surface area (Å²) in [6, 6.07) is 0. The van der Waals surface area contributed by atoms with Gasteiger partial charge in [-0.05, 0) is 41.5 Å². The van der Waals surface area contributed by atoms with Crippen LogP contribution in [0.25, 0.3) is 0 Å². The van der Waals surface area contributed by atoms with Gasteiger partial charge in [-0.15, -0.1) is 0 Å². The summed E-state index contributed by atoms with van der Waals surface area (Å²) in [6.07, 6.45) is 18.1. The van der Waals surface area contributed by atoms with Crippen molar-refractivity contribution in [3.8, 4) is 0 Å². The summed E-state index contributed by atoms with van der Waals surface area (Å²) in [5.41, 5.74) is 0. The molecule has 0 fully saturated rings. The highest BCUT2D eigenvalue weighted by Gasteiger charge is 1.80. The van der Waals surface area contributed by atoms with Crippen molar-refractivity contribution in [1.82, 2.24) is 0 Å². The lowest BCUT2D eigenvalue weighted by atomic mass is 10.2. The van der Waals surface area contributed by atoms with E-state index in [1.54, 1.807) is 41.5 Å². The molecule has 0 aromatic carbocycles. The lowest BCUT2D eigenvalue weighted by Gasteiger charge is -1.90. The van der Waals surface area contributed by atoms with E-state index in [0.717, 1.165) is 0 Å². The SMILES string of the molecule is CCCCCC.CCCCCC.CCCCCCC.CCO.CCO.CCO.CCO.CCO.CCO. The minimum absolute atomic E-state index is 0.250. The Hall–Kier alpha value is -0.240. The van der Waals surface area contributed by atoms with Crippen molar-refractivity contribution in [2.75, 3.05) is 39.6 Å². The maximum Gasteiger partial charge on any atom is 0.0402 e. The molecule has 240 valence electrons. The highest BCUT2D eigenvalue weighted by atomic mass is 16.3. The monoisotopic (exact) mass is 549 g/mol. The lowest BCUT2D eigenvalue weighted by Crippen LogP contribution is -1.70. The summed E-state index contributed by atoms with van der Waals surface area (Å²) in [5, 5.41) is 45.4. The van der Waals surface area contributed by atoms with Crippen molar-refractivity contribution in [1.29, 1.82) is 0 Å². The molecule has 0 bridgehead atoms. The molecule has 0 aliphatic rings. The zero-order chi connectivity index (χ0) is 31.4. The first kappa shape index (κ1) is 61.0. The topological polar surface area (TPSA) is 121 Å². The number of hydrogen-bond acceptors (Lipinski definition) is 6. The second-order valence-corrected chi connectivity index (χ2v) is 7.37. The minimum Gasteiger partial charge on any atom is -0.397 e. The standard InChI is InChI=1S/C7H16.2C6H14.6C2H6O/c1-3-5-7-6-4-2;2*1-3-5-6-4-2;6*1-2-3/h3-7H2,1-2H3;2*3-6H2,1-2H3;6*3H,2H2,1H3. The molecular weight excluding hydrogens is 468 g/mol. The van der Waals surface area contributed by atoms with E-state index in [-0.39, 0.29) is 39.6 Å². The molecule has 0 aliphatic carbocycles. The fraction of sp³-hybridized carbons (Fsp3) is 1.00. The van der Waals surface area contributed by atoms with Crippen molar-refractivity contribution in [2.45, 2.75) is 167 Å². The molecule has 0 atom stereocenters. The molecule has 0 aliphatic heterocycles. The third-order valence-electron chi connectivity index (χ3n) is 3.12. The summed E-state index contributed by atoms with van der Waals surface area (Å²) in [4.78, 5) is 0. The first-order valence-corrected chi connectivity index (χ1v) is 15.4. The zero-order valence-corrected chi connectivity index (χ0v) is 28.1. The van der Waals surface area contributed by atoms with Crippen LogP contribution in [0.3, 0.4) is 0 Å². The van der Waals surface area contributed by atoms with Crippen molar-refractivity contribution in [2.24, 2.45) is 0 Å². The van der Waals surface area contributed by atoms with Crippen LogP contribution in [0.1, 0.15) is 167 Å². The quantitative estimate of drug-likeness (QED) is 0.153. The van der Waals surface area contributed by atoms with Crippen LogP contribution in [0, 0.1) is 0 Å². The highest BCUT2D eigenvalue weighted by molar-refractivity contribution is 4.36. The van der Waals surface area contributed by atoms with E-state index < -0.39 is 0 Å². The van der Waals surface area contributed by atoms with Gasteiger partial charge in [0.05, 0.1) is 0 Å². The molecule has 0 saturated heterocycles. The van der Waals surface area contributed by atoms with Crippen LogP contribution >= 0.6 is 0 Å². The average molecular weight is 549 g/mol. The predicted molar refractivity (Wildman–Crippen MR) is 171 cm³/mol. The number of unbranched alkanes of at least 4 members (excludes halogenated alkanes) is 10. The van der Waals surface area contributed by atoms with Gasteiger partial charge >= 0.3 is 0 Å². The van der Waals surface area contributed by atoms with E-state index in [2.05, 4.69) is 41.5 Å². The van der Waals surface area contributed by atoms with Crippen LogP contribution in [0.15, 0.2) is 0 Å². The molecule has 0 aromatic heterocycles. The zero-order valence-electron chi connectivity index (χ0n) is 28.1. The molecule has 0 rings (SSSR count). The van der Waals surface area contributed by atoms with E-state index in [1.165, 1.54) is 83.5 Å². The molecule has 6 nitrogen and oxygen atoms in total. The third kappa shape index (κ3) is 428. The first-order valence-electron chi connectivity index (χ1n) is 15.4. The van der Waals surface area contributed by atoms with Gasteiger partial charge < -0.3 is 30.6 Å². The second kappa shape index (κ2) is 123. The van der Waals surface area contributed by atoms with Gasteiger partial charge in [0, 0.05) is 39.6 Å². The number of rotatable bonds is 10. The molecule has 0 aromatic rings. The Morgan fingerprint density at radius 1 is 0.216 bits per heavy atom. The molecule has 37 heavy (non-hydrogen) atoms. The molecule has 0 unspecified atom stereocenters.